The number of benzene rings is 1. The summed E-state index contributed by atoms with van der Waals surface area (Å²) in [6, 6.07) is 7.29. The fourth-order valence-electron chi connectivity index (χ4n) is 3.68. The van der Waals surface area contributed by atoms with Gasteiger partial charge >= 0.3 is 5.97 Å². The molecular formula is C22H25IN2O3S2. The van der Waals surface area contributed by atoms with Crippen molar-refractivity contribution >= 4 is 68.1 Å². The van der Waals surface area contributed by atoms with Crippen LogP contribution in [0.4, 0.5) is 5.00 Å². The molecule has 30 heavy (non-hydrogen) atoms. The van der Waals surface area contributed by atoms with Crippen LogP contribution in [0.2, 0.25) is 0 Å². The van der Waals surface area contributed by atoms with E-state index in [0.717, 1.165) is 28.4 Å². The summed E-state index contributed by atoms with van der Waals surface area (Å²) < 4.78 is 5.88. The van der Waals surface area contributed by atoms with Gasteiger partial charge in [0.1, 0.15) is 5.00 Å². The molecule has 0 bridgehead atoms. The number of hydrogen-bond donors (Lipinski definition) is 2. The van der Waals surface area contributed by atoms with Crippen LogP contribution in [0.1, 0.15) is 58.3 Å². The highest BCUT2D eigenvalue weighted by Crippen LogP contribution is 2.44. The van der Waals surface area contributed by atoms with Crippen LogP contribution in [0.25, 0.3) is 0 Å². The number of fused-ring (bicyclic) bond motifs is 1. The minimum atomic E-state index is -0.379. The molecule has 0 fully saturated rings. The van der Waals surface area contributed by atoms with E-state index in [-0.39, 0.29) is 22.4 Å². The summed E-state index contributed by atoms with van der Waals surface area (Å²) in [6.45, 7) is 6.77. The van der Waals surface area contributed by atoms with E-state index in [1.807, 2.05) is 18.2 Å². The zero-order valence-corrected chi connectivity index (χ0v) is 21.2. The van der Waals surface area contributed by atoms with E-state index >= 15 is 0 Å². The third-order valence-electron chi connectivity index (χ3n) is 5.45. The number of halogens is 1. The van der Waals surface area contributed by atoms with Crippen LogP contribution < -0.4 is 10.6 Å². The fourth-order valence-corrected chi connectivity index (χ4v) is 5.89. The topological polar surface area (TPSA) is 67.4 Å². The monoisotopic (exact) mass is 556 g/mol. The minimum absolute atomic E-state index is 0.163. The first-order valence-corrected chi connectivity index (χ1v) is 12.0. The number of amides is 1. The van der Waals surface area contributed by atoms with Gasteiger partial charge in [0.15, 0.2) is 5.11 Å². The number of esters is 1. The summed E-state index contributed by atoms with van der Waals surface area (Å²) in [5, 5.41) is 6.58. The lowest BCUT2D eigenvalue weighted by atomic mass is 9.72. The number of thiocarbonyl (C=S) groups is 1. The Morgan fingerprint density at radius 1 is 1.27 bits per heavy atom. The number of methoxy groups -OCH3 is 1. The van der Waals surface area contributed by atoms with Gasteiger partial charge < -0.3 is 10.1 Å². The minimum Gasteiger partial charge on any atom is -0.465 e. The number of carbonyl (C=O) groups is 2. The fraction of sp³-hybridized carbons (Fsp3) is 0.409. The number of ether oxygens (including phenoxy) is 1. The van der Waals surface area contributed by atoms with E-state index in [1.165, 1.54) is 23.3 Å². The largest absolute Gasteiger partial charge is 0.465 e. The van der Waals surface area contributed by atoms with E-state index in [9.17, 15) is 9.59 Å². The van der Waals surface area contributed by atoms with Gasteiger partial charge in [-0.1, -0.05) is 32.9 Å². The number of thiophene rings is 1. The van der Waals surface area contributed by atoms with Gasteiger partial charge in [-0.05, 0) is 83.1 Å². The highest BCUT2D eigenvalue weighted by atomic mass is 127. The van der Waals surface area contributed by atoms with Gasteiger partial charge in [0.25, 0.3) is 5.91 Å². The molecule has 1 atom stereocenters. The van der Waals surface area contributed by atoms with E-state index in [0.29, 0.717) is 22.0 Å². The van der Waals surface area contributed by atoms with Crippen molar-refractivity contribution in [2.45, 2.75) is 40.0 Å². The predicted molar refractivity (Wildman–Crippen MR) is 133 cm³/mol. The maximum atomic E-state index is 12.6. The van der Waals surface area contributed by atoms with Crippen molar-refractivity contribution in [2.24, 2.45) is 11.3 Å². The number of anilines is 1. The lowest BCUT2D eigenvalue weighted by Gasteiger charge is -2.33. The van der Waals surface area contributed by atoms with Crippen molar-refractivity contribution in [3.8, 4) is 0 Å². The summed E-state index contributed by atoms with van der Waals surface area (Å²) in [5.74, 6) is -0.115. The molecule has 0 saturated heterocycles. The summed E-state index contributed by atoms with van der Waals surface area (Å²) in [4.78, 5) is 26.3. The molecule has 1 unspecified atom stereocenters. The Morgan fingerprint density at radius 3 is 2.60 bits per heavy atom. The van der Waals surface area contributed by atoms with Crippen molar-refractivity contribution in [1.82, 2.24) is 5.32 Å². The molecule has 3 rings (SSSR count). The molecule has 1 aliphatic carbocycles. The molecule has 8 heteroatoms. The average Bonchev–Trinajstić information content (AvgIpc) is 3.03. The first kappa shape index (κ1) is 23.1. The average molecular weight is 556 g/mol. The van der Waals surface area contributed by atoms with Crippen LogP contribution >= 0.6 is 46.1 Å². The molecule has 1 aromatic heterocycles. The molecule has 2 N–H and O–H groups in total. The molecule has 1 aliphatic rings. The molecule has 0 spiro atoms. The Labute approximate surface area is 200 Å². The first-order valence-electron chi connectivity index (χ1n) is 9.71. The molecule has 1 amide bonds. The highest BCUT2D eigenvalue weighted by molar-refractivity contribution is 14.1. The standard InChI is InChI=1S/C22H25IN2O3S2/c1-22(2,3)12-9-10-14-16(11-12)30-19(17(14)20(27)28-4)25-21(29)24-18(26)13-7-5-6-8-15(13)23/h5-8,12H,9-11H2,1-4H3,(H2,24,25,26,29). The van der Waals surface area contributed by atoms with E-state index < -0.39 is 0 Å². The van der Waals surface area contributed by atoms with Crippen molar-refractivity contribution in [3.63, 3.8) is 0 Å². The van der Waals surface area contributed by atoms with Gasteiger partial charge in [0, 0.05) is 8.45 Å². The summed E-state index contributed by atoms with van der Waals surface area (Å²) >= 11 is 9.01. The molecule has 1 aromatic carbocycles. The number of nitrogens with one attached hydrogen (secondary N) is 2. The highest BCUT2D eigenvalue weighted by Gasteiger charge is 2.34. The van der Waals surface area contributed by atoms with Gasteiger partial charge in [0.2, 0.25) is 0 Å². The normalized spacial score (nSPS) is 15.8. The van der Waals surface area contributed by atoms with Gasteiger partial charge in [-0.15, -0.1) is 11.3 Å². The second-order valence-electron chi connectivity index (χ2n) is 8.39. The molecule has 0 saturated carbocycles. The van der Waals surface area contributed by atoms with Crippen molar-refractivity contribution in [2.75, 3.05) is 12.4 Å². The van der Waals surface area contributed by atoms with Gasteiger partial charge in [-0.3, -0.25) is 10.1 Å². The van der Waals surface area contributed by atoms with E-state index in [2.05, 4.69) is 54.0 Å². The van der Waals surface area contributed by atoms with Crippen molar-refractivity contribution in [1.29, 1.82) is 0 Å². The molecule has 1 heterocycles. The predicted octanol–water partition coefficient (Wildman–Crippen LogP) is 5.42. The summed E-state index contributed by atoms with van der Waals surface area (Å²) in [6.07, 6.45) is 2.79. The molecule has 0 aliphatic heterocycles. The lowest BCUT2D eigenvalue weighted by Crippen LogP contribution is -2.34. The maximum Gasteiger partial charge on any atom is 0.341 e. The molecular weight excluding hydrogens is 531 g/mol. The van der Waals surface area contributed by atoms with Crippen molar-refractivity contribution in [3.05, 3.63) is 49.4 Å². The van der Waals surface area contributed by atoms with Crippen LogP contribution in [-0.2, 0) is 17.6 Å². The molecule has 160 valence electrons. The molecule has 5 nitrogen and oxygen atoms in total. The quantitative estimate of drug-likeness (QED) is 0.301. The van der Waals surface area contributed by atoms with E-state index in [4.69, 9.17) is 17.0 Å². The SMILES string of the molecule is COC(=O)c1c(NC(=S)NC(=O)c2ccccc2I)sc2c1CCC(C(C)(C)C)C2. The van der Waals surface area contributed by atoms with Crippen LogP contribution in [-0.4, -0.2) is 24.1 Å². The Hall–Kier alpha value is -1.52. The zero-order valence-electron chi connectivity index (χ0n) is 17.4. The molecule has 2 aromatic rings. The molecule has 0 radical (unpaired) electrons. The van der Waals surface area contributed by atoms with Crippen LogP contribution in [0.15, 0.2) is 24.3 Å². The maximum absolute atomic E-state index is 12.6. The first-order chi connectivity index (χ1) is 14.1. The van der Waals surface area contributed by atoms with E-state index in [1.54, 1.807) is 6.07 Å². The summed E-state index contributed by atoms with van der Waals surface area (Å²) in [7, 11) is 1.38. The lowest BCUT2D eigenvalue weighted by molar-refractivity contribution is 0.0600. The van der Waals surface area contributed by atoms with Crippen LogP contribution in [0.5, 0.6) is 0 Å². The Kier molecular flexibility index (Phi) is 7.19. The van der Waals surface area contributed by atoms with Crippen LogP contribution in [0, 0.1) is 14.9 Å². The summed E-state index contributed by atoms with van der Waals surface area (Å²) in [5.41, 5.74) is 2.34. The third-order valence-corrected chi connectivity index (χ3v) is 7.77. The second-order valence-corrected chi connectivity index (χ2v) is 11.1. The van der Waals surface area contributed by atoms with Gasteiger partial charge in [-0.25, -0.2) is 4.79 Å². The smallest absolute Gasteiger partial charge is 0.341 e. The number of rotatable bonds is 3. The van der Waals surface area contributed by atoms with Gasteiger partial charge in [0.05, 0.1) is 18.2 Å². The Balaban J connectivity index is 1.82. The number of carbonyl (C=O) groups excluding carboxylic acids is 2. The van der Waals surface area contributed by atoms with Crippen LogP contribution in [0.3, 0.4) is 0 Å². The second kappa shape index (κ2) is 9.32. The number of hydrogen-bond acceptors (Lipinski definition) is 5. The van der Waals surface area contributed by atoms with Crippen molar-refractivity contribution < 1.29 is 14.3 Å². The Bertz CT molecular complexity index is 995. The third kappa shape index (κ3) is 5.03. The zero-order chi connectivity index (χ0) is 22.1. The van der Waals surface area contributed by atoms with Gasteiger partial charge in [-0.2, -0.15) is 0 Å². The Morgan fingerprint density at radius 2 is 1.97 bits per heavy atom.